The number of hydrogen-bond donors (Lipinski definition) is 1. The van der Waals surface area contributed by atoms with Crippen molar-refractivity contribution in [1.82, 2.24) is 10.2 Å². The summed E-state index contributed by atoms with van der Waals surface area (Å²) in [5.41, 5.74) is 2.15. The van der Waals surface area contributed by atoms with E-state index in [1.165, 1.54) is 10.5 Å². The van der Waals surface area contributed by atoms with E-state index in [4.69, 9.17) is 16.3 Å². The van der Waals surface area contributed by atoms with Crippen molar-refractivity contribution in [2.45, 2.75) is 38.5 Å². The van der Waals surface area contributed by atoms with E-state index in [-0.39, 0.29) is 17.9 Å². The number of piperidine rings is 1. The number of benzene rings is 2. The molecule has 1 saturated heterocycles. The van der Waals surface area contributed by atoms with Crippen molar-refractivity contribution in [3.8, 4) is 5.75 Å². The summed E-state index contributed by atoms with van der Waals surface area (Å²) in [6.07, 6.45) is 1.30. The van der Waals surface area contributed by atoms with Crippen LogP contribution in [0.15, 0.2) is 42.5 Å². The molecule has 30 heavy (non-hydrogen) atoms. The maximum absolute atomic E-state index is 13.1. The lowest BCUT2D eigenvalue weighted by Gasteiger charge is -2.34. The maximum Gasteiger partial charge on any atom is 0.267 e. The Balaban J connectivity index is 1.49. The Hall–Kier alpha value is -2.57. The average Bonchev–Trinajstić information content (AvgIpc) is 2.73. The number of likely N-dealkylation sites (tertiary alicyclic amines) is 1. The van der Waals surface area contributed by atoms with Crippen LogP contribution < -0.4 is 15.0 Å². The largest absolute Gasteiger partial charge is 0.478 e. The number of halogens is 1. The van der Waals surface area contributed by atoms with Gasteiger partial charge in [-0.3, -0.25) is 14.5 Å². The summed E-state index contributed by atoms with van der Waals surface area (Å²) in [6, 6.07) is 13.7. The van der Waals surface area contributed by atoms with E-state index < -0.39 is 6.10 Å². The Morgan fingerprint density at radius 3 is 2.80 bits per heavy atom. The molecular weight excluding hydrogens is 402 g/mol. The van der Waals surface area contributed by atoms with Crippen molar-refractivity contribution in [3.05, 3.63) is 58.6 Å². The molecule has 1 fully saturated rings. The van der Waals surface area contributed by atoms with Gasteiger partial charge in [0.15, 0.2) is 11.9 Å². The first kappa shape index (κ1) is 20.7. The van der Waals surface area contributed by atoms with Crippen LogP contribution in [0.25, 0.3) is 0 Å². The number of carbonyl (C=O) groups excluding carboxylic acids is 2. The van der Waals surface area contributed by atoms with E-state index >= 15 is 0 Å². The fraction of sp³-hybridized carbons (Fsp3) is 0.391. The van der Waals surface area contributed by atoms with E-state index in [9.17, 15) is 9.59 Å². The SMILES string of the molecule is CC1Oc2c(C(=O)NC3CCCN(Cc4ccccc4)C3)cc(Cl)cc2N(C)C1=O. The molecular formula is C23H26ClN3O3. The zero-order chi connectivity index (χ0) is 21.3. The summed E-state index contributed by atoms with van der Waals surface area (Å²) in [6.45, 7) is 4.36. The number of fused-ring (bicyclic) bond motifs is 1. The zero-order valence-corrected chi connectivity index (χ0v) is 18.0. The van der Waals surface area contributed by atoms with Crippen molar-refractivity contribution in [3.63, 3.8) is 0 Å². The minimum absolute atomic E-state index is 0.0463. The smallest absolute Gasteiger partial charge is 0.267 e. The molecule has 6 nitrogen and oxygen atoms in total. The maximum atomic E-state index is 13.1. The van der Waals surface area contributed by atoms with Gasteiger partial charge in [-0.15, -0.1) is 0 Å². The fourth-order valence-corrected chi connectivity index (χ4v) is 4.37. The van der Waals surface area contributed by atoms with Gasteiger partial charge in [0, 0.05) is 31.2 Å². The quantitative estimate of drug-likeness (QED) is 0.811. The first-order valence-electron chi connectivity index (χ1n) is 10.3. The highest BCUT2D eigenvalue weighted by atomic mass is 35.5. The molecule has 0 bridgehead atoms. The van der Waals surface area contributed by atoms with Crippen LogP contribution in [0.1, 0.15) is 35.7 Å². The van der Waals surface area contributed by atoms with Gasteiger partial charge in [-0.2, -0.15) is 0 Å². The number of rotatable bonds is 4. The summed E-state index contributed by atoms with van der Waals surface area (Å²) < 4.78 is 5.79. The van der Waals surface area contributed by atoms with Crippen LogP contribution in [-0.4, -0.2) is 49.0 Å². The lowest BCUT2D eigenvalue weighted by atomic mass is 10.0. The van der Waals surface area contributed by atoms with Gasteiger partial charge in [-0.05, 0) is 44.0 Å². The number of likely N-dealkylation sites (N-methyl/N-ethyl adjacent to an activating group) is 1. The number of anilines is 1. The van der Waals surface area contributed by atoms with Crippen LogP contribution in [-0.2, 0) is 11.3 Å². The van der Waals surface area contributed by atoms with Gasteiger partial charge >= 0.3 is 0 Å². The molecule has 1 N–H and O–H groups in total. The zero-order valence-electron chi connectivity index (χ0n) is 17.2. The highest BCUT2D eigenvalue weighted by Crippen LogP contribution is 2.39. The molecule has 158 valence electrons. The average molecular weight is 428 g/mol. The molecule has 2 aliphatic heterocycles. The third kappa shape index (κ3) is 4.30. The number of nitrogens with one attached hydrogen (secondary N) is 1. The molecule has 0 radical (unpaired) electrons. The van der Waals surface area contributed by atoms with Crippen molar-refractivity contribution < 1.29 is 14.3 Å². The second-order valence-corrected chi connectivity index (χ2v) is 8.43. The van der Waals surface area contributed by atoms with Crippen molar-refractivity contribution >= 4 is 29.1 Å². The van der Waals surface area contributed by atoms with Crippen LogP contribution in [0.2, 0.25) is 5.02 Å². The highest BCUT2D eigenvalue weighted by molar-refractivity contribution is 6.31. The molecule has 2 unspecified atom stereocenters. The Morgan fingerprint density at radius 2 is 2.03 bits per heavy atom. The molecule has 2 atom stereocenters. The molecule has 2 aromatic carbocycles. The second-order valence-electron chi connectivity index (χ2n) is 7.99. The monoisotopic (exact) mass is 427 g/mol. The van der Waals surface area contributed by atoms with E-state index in [0.29, 0.717) is 22.0 Å². The molecule has 0 saturated carbocycles. The number of hydrogen-bond acceptors (Lipinski definition) is 4. The van der Waals surface area contributed by atoms with Crippen molar-refractivity contribution in [1.29, 1.82) is 0 Å². The van der Waals surface area contributed by atoms with Crippen LogP contribution >= 0.6 is 11.6 Å². The fourth-order valence-electron chi connectivity index (χ4n) is 4.16. The Morgan fingerprint density at radius 1 is 1.27 bits per heavy atom. The van der Waals surface area contributed by atoms with Gasteiger partial charge < -0.3 is 15.0 Å². The van der Waals surface area contributed by atoms with E-state index in [1.54, 1.807) is 26.1 Å². The minimum atomic E-state index is -0.647. The van der Waals surface area contributed by atoms with Gasteiger partial charge in [0.05, 0.1) is 11.3 Å². The van der Waals surface area contributed by atoms with Gasteiger partial charge in [0.1, 0.15) is 0 Å². The first-order valence-corrected chi connectivity index (χ1v) is 10.6. The van der Waals surface area contributed by atoms with Crippen LogP contribution in [0.5, 0.6) is 5.75 Å². The summed E-state index contributed by atoms with van der Waals surface area (Å²) in [5.74, 6) is 0.0127. The summed E-state index contributed by atoms with van der Waals surface area (Å²) >= 11 is 6.25. The molecule has 0 aliphatic carbocycles. The summed E-state index contributed by atoms with van der Waals surface area (Å²) in [5, 5.41) is 3.54. The lowest BCUT2D eigenvalue weighted by Crippen LogP contribution is -2.48. The predicted octanol–water partition coefficient (Wildman–Crippen LogP) is 3.48. The highest BCUT2D eigenvalue weighted by Gasteiger charge is 2.33. The molecule has 2 aromatic rings. The third-order valence-corrected chi connectivity index (χ3v) is 5.92. The Labute approximate surface area is 181 Å². The topological polar surface area (TPSA) is 61.9 Å². The van der Waals surface area contributed by atoms with Crippen LogP contribution in [0, 0.1) is 0 Å². The minimum Gasteiger partial charge on any atom is -0.478 e. The van der Waals surface area contributed by atoms with Gasteiger partial charge in [-0.25, -0.2) is 0 Å². The van der Waals surface area contributed by atoms with Crippen molar-refractivity contribution in [2.24, 2.45) is 0 Å². The number of carbonyl (C=O) groups is 2. The van der Waals surface area contributed by atoms with Crippen LogP contribution in [0.4, 0.5) is 5.69 Å². The number of nitrogens with zero attached hydrogens (tertiary/aromatic N) is 2. The molecule has 0 spiro atoms. The first-order chi connectivity index (χ1) is 14.4. The van der Waals surface area contributed by atoms with E-state index in [2.05, 4.69) is 22.3 Å². The van der Waals surface area contributed by atoms with E-state index in [0.717, 1.165) is 32.5 Å². The number of ether oxygens (including phenoxy) is 1. The normalized spacial score (nSPS) is 21.7. The second kappa shape index (κ2) is 8.66. The predicted molar refractivity (Wildman–Crippen MR) is 117 cm³/mol. The Kier molecular flexibility index (Phi) is 5.97. The molecule has 2 amide bonds. The van der Waals surface area contributed by atoms with Crippen LogP contribution in [0.3, 0.4) is 0 Å². The van der Waals surface area contributed by atoms with Gasteiger partial charge in [0.2, 0.25) is 0 Å². The molecule has 7 heteroatoms. The van der Waals surface area contributed by atoms with Gasteiger partial charge in [-0.1, -0.05) is 41.9 Å². The Bertz CT molecular complexity index is 950. The molecule has 4 rings (SSSR count). The standard InChI is InChI=1S/C23H26ClN3O3/c1-15-23(29)26(2)20-12-17(24)11-19(21(20)30-15)22(28)25-18-9-6-10-27(14-18)13-16-7-4-3-5-8-16/h3-5,7-8,11-12,15,18H,6,9-10,13-14H2,1-2H3,(H,25,28). The third-order valence-electron chi connectivity index (χ3n) is 5.70. The molecule has 2 heterocycles. The van der Waals surface area contributed by atoms with E-state index in [1.807, 2.05) is 18.2 Å². The number of amides is 2. The summed E-state index contributed by atoms with van der Waals surface area (Å²) in [4.78, 5) is 29.2. The lowest BCUT2D eigenvalue weighted by molar-refractivity contribution is -0.125. The summed E-state index contributed by atoms with van der Waals surface area (Å²) in [7, 11) is 1.67. The van der Waals surface area contributed by atoms with Gasteiger partial charge in [0.25, 0.3) is 11.8 Å². The molecule has 2 aliphatic rings. The van der Waals surface area contributed by atoms with Crippen molar-refractivity contribution in [2.75, 3.05) is 25.0 Å². The molecule has 0 aromatic heterocycles.